The number of amides is 1. The molecule has 0 atom stereocenters. The smallest absolute Gasteiger partial charge is 0.335 e. The predicted octanol–water partition coefficient (Wildman–Crippen LogP) is 5.29. The monoisotopic (exact) mass is 462 g/mol. The third kappa shape index (κ3) is 5.42. The van der Waals surface area contributed by atoms with E-state index in [1.165, 1.54) is 23.9 Å². The van der Waals surface area contributed by atoms with Crippen molar-refractivity contribution in [2.75, 3.05) is 19.8 Å². The Balaban J connectivity index is 1.57. The highest BCUT2D eigenvalue weighted by molar-refractivity contribution is 8.18. The van der Waals surface area contributed by atoms with Gasteiger partial charge in [-0.1, -0.05) is 30.3 Å². The van der Waals surface area contributed by atoms with Gasteiger partial charge in [-0.2, -0.15) is 0 Å². The molecule has 1 aliphatic rings. The lowest BCUT2D eigenvalue weighted by Crippen LogP contribution is -2.32. The molecule has 3 aromatic rings. The normalized spacial score (nSPS) is 16.2. The number of carbonyl (C=O) groups excluding carboxylic acids is 1. The molecule has 0 unspecified atom stereocenters. The van der Waals surface area contributed by atoms with Gasteiger partial charge in [0.25, 0.3) is 5.91 Å². The summed E-state index contributed by atoms with van der Waals surface area (Å²) in [7, 11) is 0. The Morgan fingerprint density at radius 3 is 2.58 bits per heavy atom. The molecule has 0 saturated carbocycles. The van der Waals surface area contributed by atoms with E-state index in [0.29, 0.717) is 41.4 Å². The molecule has 2 aromatic carbocycles. The number of hydrogen-bond donors (Lipinski definition) is 1. The van der Waals surface area contributed by atoms with Crippen LogP contribution in [0.15, 0.2) is 81.0 Å². The number of ether oxygens (including phenoxy) is 1. The first-order valence-corrected chi connectivity index (χ1v) is 11.2. The van der Waals surface area contributed by atoms with Crippen molar-refractivity contribution in [3.8, 4) is 11.3 Å². The van der Waals surface area contributed by atoms with Crippen molar-refractivity contribution in [3.63, 3.8) is 0 Å². The Bertz CT molecular complexity index is 1200. The van der Waals surface area contributed by atoms with Crippen LogP contribution in [0.3, 0.4) is 0 Å². The van der Waals surface area contributed by atoms with Crippen LogP contribution in [0.1, 0.15) is 23.0 Å². The first-order valence-electron chi connectivity index (χ1n) is 10.4. The quantitative estimate of drug-likeness (QED) is 0.361. The Morgan fingerprint density at radius 2 is 1.88 bits per heavy atom. The summed E-state index contributed by atoms with van der Waals surface area (Å²) in [5, 5.41) is 9.64. The first-order chi connectivity index (χ1) is 16.0. The molecule has 0 spiro atoms. The van der Waals surface area contributed by atoms with Gasteiger partial charge in [-0.3, -0.25) is 9.69 Å². The topological polar surface area (TPSA) is 92.3 Å². The number of benzene rings is 2. The van der Waals surface area contributed by atoms with Crippen LogP contribution in [-0.4, -0.2) is 46.8 Å². The molecule has 8 heteroatoms. The second-order valence-corrected chi connectivity index (χ2v) is 8.09. The number of thioether (sulfide) groups is 1. The predicted molar refractivity (Wildman–Crippen MR) is 128 cm³/mol. The minimum absolute atomic E-state index is 0.154. The first kappa shape index (κ1) is 22.6. The third-order valence-corrected chi connectivity index (χ3v) is 5.86. The molecule has 2 heterocycles. The number of furan rings is 1. The van der Waals surface area contributed by atoms with Crippen molar-refractivity contribution in [1.82, 2.24) is 4.90 Å². The molecule has 0 radical (unpaired) electrons. The van der Waals surface area contributed by atoms with E-state index in [-0.39, 0.29) is 11.5 Å². The number of carboxylic acid groups (broad SMARTS) is 1. The van der Waals surface area contributed by atoms with Gasteiger partial charge in [-0.05, 0) is 55.1 Å². The molecule has 1 saturated heterocycles. The third-order valence-electron chi connectivity index (χ3n) is 4.85. The molecule has 0 bridgehead atoms. The van der Waals surface area contributed by atoms with Gasteiger partial charge in [0.15, 0.2) is 5.17 Å². The van der Waals surface area contributed by atoms with E-state index in [1.807, 2.05) is 37.3 Å². The van der Waals surface area contributed by atoms with Crippen LogP contribution < -0.4 is 0 Å². The van der Waals surface area contributed by atoms with Crippen LogP contribution in [0.5, 0.6) is 0 Å². The van der Waals surface area contributed by atoms with Crippen LogP contribution in [0.2, 0.25) is 0 Å². The van der Waals surface area contributed by atoms with E-state index in [9.17, 15) is 9.59 Å². The molecule has 1 amide bonds. The number of aromatic carboxylic acids is 1. The van der Waals surface area contributed by atoms with Gasteiger partial charge in [-0.25, -0.2) is 9.79 Å². The summed E-state index contributed by atoms with van der Waals surface area (Å²) in [6.07, 6.45) is 1.70. The minimum atomic E-state index is -0.981. The zero-order valence-corrected chi connectivity index (χ0v) is 18.7. The van der Waals surface area contributed by atoms with Gasteiger partial charge >= 0.3 is 5.97 Å². The Hall–Kier alpha value is -3.62. The summed E-state index contributed by atoms with van der Waals surface area (Å²) >= 11 is 1.29. The SMILES string of the molecule is CCOCCN1C(=O)/C(=C/c2ccc(-c3ccc(C(=O)O)cc3)o2)SC1=Nc1ccccc1. The maximum atomic E-state index is 13.1. The summed E-state index contributed by atoms with van der Waals surface area (Å²) in [6, 6.07) is 19.5. The standard InChI is InChI=1S/C25H22N2O5S/c1-2-31-15-14-27-23(28)22(33-25(27)26-19-6-4-3-5-7-19)16-20-12-13-21(32-20)17-8-10-18(11-9-17)24(29)30/h3-13,16H,2,14-15H2,1H3,(H,29,30)/b22-16-,26-25?. The van der Waals surface area contributed by atoms with Crippen molar-refractivity contribution in [2.45, 2.75) is 6.92 Å². The molecule has 1 fully saturated rings. The maximum absolute atomic E-state index is 13.1. The number of amidine groups is 1. The Morgan fingerprint density at radius 1 is 1.12 bits per heavy atom. The van der Waals surface area contributed by atoms with Crippen molar-refractivity contribution >= 4 is 40.6 Å². The molecule has 0 aliphatic carbocycles. The Kier molecular flexibility index (Phi) is 7.07. The van der Waals surface area contributed by atoms with Crippen molar-refractivity contribution < 1.29 is 23.8 Å². The molecular formula is C25H22N2O5S. The zero-order chi connectivity index (χ0) is 23.2. The molecule has 1 aliphatic heterocycles. The zero-order valence-electron chi connectivity index (χ0n) is 17.9. The molecule has 7 nitrogen and oxygen atoms in total. The highest BCUT2D eigenvalue weighted by Gasteiger charge is 2.33. The van der Waals surface area contributed by atoms with Gasteiger partial charge in [0, 0.05) is 18.2 Å². The number of para-hydroxylation sites is 1. The second-order valence-electron chi connectivity index (χ2n) is 7.08. The number of carboxylic acids is 1. The van der Waals surface area contributed by atoms with Crippen LogP contribution in [0.25, 0.3) is 17.4 Å². The van der Waals surface area contributed by atoms with E-state index in [2.05, 4.69) is 4.99 Å². The lowest BCUT2D eigenvalue weighted by Gasteiger charge is -2.15. The highest BCUT2D eigenvalue weighted by Crippen LogP contribution is 2.35. The summed E-state index contributed by atoms with van der Waals surface area (Å²) < 4.78 is 11.3. The summed E-state index contributed by atoms with van der Waals surface area (Å²) in [5.74, 6) is -0.0299. The van der Waals surface area contributed by atoms with Crippen LogP contribution >= 0.6 is 11.8 Å². The number of rotatable bonds is 8. The van der Waals surface area contributed by atoms with E-state index in [1.54, 1.807) is 35.2 Å². The minimum Gasteiger partial charge on any atom is -0.478 e. The van der Waals surface area contributed by atoms with Crippen LogP contribution in [0.4, 0.5) is 5.69 Å². The second kappa shape index (κ2) is 10.3. The number of carbonyl (C=O) groups is 2. The highest BCUT2D eigenvalue weighted by atomic mass is 32.2. The van der Waals surface area contributed by atoms with Crippen molar-refractivity contribution in [3.05, 3.63) is 83.0 Å². The summed E-state index contributed by atoms with van der Waals surface area (Å²) in [6.45, 7) is 3.31. The lowest BCUT2D eigenvalue weighted by molar-refractivity contribution is -0.122. The van der Waals surface area contributed by atoms with Crippen molar-refractivity contribution in [1.29, 1.82) is 0 Å². The van der Waals surface area contributed by atoms with Gasteiger partial charge in [0.1, 0.15) is 11.5 Å². The fraction of sp³-hybridized carbons (Fsp3) is 0.160. The molecule has 33 heavy (non-hydrogen) atoms. The van der Waals surface area contributed by atoms with E-state index in [0.717, 1.165) is 11.3 Å². The largest absolute Gasteiger partial charge is 0.478 e. The lowest BCUT2D eigenvalue weighted by atomic mass is 10.1. The molecule has 4 rings (SSSR count). The van der Waals surface area contributed by atoms with Crippen LogP contribution in [0, 0.1) is 0 Å². The average molecular weight is 463 g/mol. The molecular weight excluding hydrogens is 440 g/mol. The van der Waals surface area contributed by atoms with Gasteiger partial charge in [0.05, 0.1) is 29.3 Å². The molecule has 168 valence electrons. The molecule has 1 N–H and O–H groups in total. The van der Waals surface area contributed by atoms with Crippen LogP contribution in [-0.2, 0) is 9.53 Å². The van der Waals surface area contributed by atoms with Gasteiger partial charge in [0.2, 0.25) is 0 Å². The van der Waals surface area contributed by atoms with E-state index in [4.69, 9.17) is 14.3 Å². The number of nitrogens with zero attached hydrogens (tertiary/aromatic N) is 2. The van der Waals surface area contributed by atoms with Crippen molar-refractivity contribution in [2.24, 2.45) is 4.99 Å². The summed E-state index contributed by atoms with van der Waals surface area (Å²) in [5.41, 5.74) is 1.72. The number of hydrogen-bond acceptors (Lipinski definition) is 6. The van der Waals surface area contributed by atoms with E-state index >= 15 is 0 Å². The number of aliphatic imine (C=N–C) groups is 1. The van der Waals surface area contributed by atoms with E-state index < -0.39 is 5.97 Å². The maximum Gasteiger partial charge on any atom is 0.335 e. The average Bonchev–Trinajstić information content (AvgIpc) is 3.40. The fourth-order valence-electron chi connectivity index (χ4n) is 3.19. The fourth-order valence-corrected chi connectivity index (χ4v) is 4.20. The Labute approximate surface area is 195 Å². The van der Waals surface area contributed by atoms with Gasteiger partial charge < -0.3 is 14.3 Å². The summed E-state index contributed by atoms with van der Waals surface area (Å²) in [4.78, 5) is 30.9. The molecule has 1 aromatic heterocycles. The van der Waals surface area contributed by atoms with Gasteiger partial charge in [-0.15, -0.1) is 0 Å².